The van der Waals surface area contributed by atoms with Gasteiger partial charge in [-0.15, -0.1) is 0 Å². The largest absolute Gasteiger partial charge is 0.379 e. The molecule has 1 N–H and O–H groups in total. The van der Waals surface area contributed by atoms with Gasteiger partial charge in [-0.25, -0.2) is 9.37 Å². The van der Waals surface area contributed by atoms with E-state index in [0.29, 0.717) is 25.4 Å². The average molecular weight is 465 g/mol. The first-order valence-electron chi connectivity index (χ1n) is 12.1. The van der Waals surface area contributed by atoms with E-state index in [1.807, 2.05) is 27.7 Å². The summed E-state index contributed by atoms with van der Waals surface area (Å²) in [4.78, 5) is 19.8. The lowest BCUT2D eigenvalue weighted by atomic mass is 9.95. The van der Waals surface area contributed by atoms with Crippen LogP contribution in [0.1, 0.15) is 48.8 Å². The summed E-state index contributed by atoms with van der Waals surface area (Å²) in [6.07, 6.45) is 5.12. The van der Waals surface area contributed by atoms with Gasteiger partial charge in [-0.05, 0) is 48.6 Å². The number of imidazole rings is 1. The highest BCUT2D eigenvalue weighted by Gasteiger charge is 2.24. The van der Waals surface area contributed by atoms with Crippen molar-refractivity contribution >= 4 is 5.91 Å². The third kappa shape index (κ3) is 5.54. The molecule has 7 heteroatoms. The van der Waals surface area contributed by atoms with Gasteiger partial charge in [0.05, 0.1) is 31.8 Å². The summed E-state index contributed by atoms with van der Waals surface area (Å²) in [6, 6.07) is 14.7. The maximum Gasteiger partial charge on any atom is 0.272 e. The fourth-order valence-electron chi connectivity index (χ4n) is 4.55. The minimum atomic E-state index is -0.261. The lowest BCUT2D eigenvalue weighted by molar-refractivity contribution is 0.0619. The standard InChI is InChI=1S/C27H33FN4O2/c1-3-14-31(15-12-23-18-34-16-13-30-23)27(33)26-17-29-19-32(26)20(2)24-6-4-5-7-25(24)21-8-10-22(28)11-9-21/h4-11,17,19-20,23,30H,3,12-16,18H2,1-2H3/t20-,23?/m0/s1. The van der Waals surface area contributed by atoms with E-state index in [1.54, 1.807) is 24.7 Å². The predicted octanol–water partition coefficient (Wildman–Crippen LogP) is 4.53. The molecule has 2 aromatic carbocycles. The first-order valence-corrected chi connectivity index (χ1v) is 12.1. The first-order chi connectivity index (χ1) is 16.6. The van der Waals surface area contributed by atoms with Gasteiger partial charge in [0.15, 0.2) is 0 Å². The second kappa shape index (κ2) is 11.4. The Bertz CT molecular complexity index is 1080. The van der Waals surface area contributed by atoms with E-state index in [-0.39, 0.29) is 23.8 Å². The Hall–Kier alpha value is -3.03. The van der Waals surface area contributed by atoms with Crippen molar-refractivity contribution in [3.63, 3.8) is 0 Å². The van der Waals surface area contributed by atoms with Crippen LogP contribution in [-0.4, -0.2) is 59.2 Å². The van der Waals surface area contributed by atoms with E-state index in [9.17, 15) is 9.18 Å². The van der Waals surface area contributed by atoms with E-state index < -0.39 is 0 Å². The summed E-state index contributed by atoms with van der Waals surface area (Å²) in [5, 5.41) is 3.46. The molecule has 1 amide bonds. The average Bonchev–Trinajstić information content (AvgIpc) is 3.37. The minimum Gasteiger partial charge on any atom is -0.379 e. The van der Waals surface area contributed by atoms with Gasteiger partial charge in [0, 0.05) is 25.7 Å². The van der Waals surface area contributed by atoms with Gasteiger partial charge < -0.3 is 19.5 Å². The van der Waals surface area contributed by atoms with Gasteiger partial charge in [0.1, 0.15) is 11.5 Å². The number of carbonyl (C=O) groups excluding carboxylic acids is 1. The van der Waals surface area contributed by atoms with Gasteiger partial charge >= 0.3 is 0 Å². The van der Waals surface area contributed by atoms with Crippen LogP contribution in [0.25, 0.3) is 11.1 Å². The molecule has 2 atom stereocenters. The number of rotatable bonds is 9. The molecule has 4 rings (SSSR count). The maximum atomic E-state index is 13.6. The summed E-state index contributed by atoms with van der Waals surface area (Å²) in [5.74, 6) is -0.273. The molecule has 0 saturated carbocycles. The number of carbonyl (C=O) groups is 1. The van der Waals surface area contributed by atoms with Crippen LogP contribution >= 0.6 is 0 Å². The molecule has 180 valence electrons. The van der Waals surface area contributed by atoms with Crippen LogP contribution in [-0.2, 0) is 4.74 Å². The number of nitrogens with zero attached hydrogens (tertiary/aromatic N) is 3. The van der Waals surface area contributed by atoms with Crippen LogP contribution in [0.3, 0.4) is 0 Å². The third-order valence-corrected chi connectivity index (χ3v) is 6.40. The Morgan fingerprint density at radius 3 is 2.76 bits per heavy atom. The van der Waals surface area contributed by atoms with E-state index in [4.69, 9.17) is 4.74 Å². The topological polar surface area (TPSA) is 59.4 Å². The summed E-state index contributed by atoms with van der Waals surface area (Å²) in [5.41, 5.74) is 3.57. The molecule has 1 saturated heterocycles. The van der Waals surface area contributed by atoms with Crippen LogP contribution in [0.5, 0.6) is 0 Å². The highest BCUT2D eigenvalue weighted by Crippen LogP contribution is 2.31. The second-order valence-electron chi connectivity index (χ2n) is 8.76. The lowest BCUT2D eigenvalue weighted by Crippen LogP contribution is -2.44. The van der Waals surface area contributed by atoms with Crippen molar-refractivity contribution in [3.8, 4) is 11.1 Å². The van der Waals surface area contributed by atoms with Gasteiger partial charge in [0.25, 0.3) is 5.91 Å². The van der Waals surface area contributed by atoms with E-state index in [0.717, 1.165) is 42.7 Å². The minimum absolute atomic E-state index is 0.0119. The Morgan fingerprint density at radius 1 is 1.24 bits per heavy atom. The summed E-state index contributed by atoms with van der Waals surface area (Å²) >= 11 is 0. The normalized spacial score (nSPS) is 16.9. The lowest BCUT2D eigenvalue weighted by Gasteiger charge is -2.28. The number of benzene rings is 2. The number of aromatic nitrogens is 2. The van der Waals surface area contributed by atoms with Crippen molar-refractivity contribution < 1.29 is 13.9 Å². The molecule has 34 heavy (non-hydrogen) atoms. The van der Waals surface area contributed by atoms with Crippen molar-refractivity contribution in [1.82, 2.24) is 19.8 Å². The maximum absolute atomic E-state index is 13.6. The molecule has 1 aliphatic rings. The van der Waals surface area contributed by atoms with Crippen molar-refractivity contribution in [1.29, 1.82) is 0 Å². The molecule has 6 nitrogen and oxygen atoms in total. The van der Waals surface area contributed by atoms with Crippen molar-refractivity contribution in [2.24, 2.45) is 0 Å². The second-order valence-corrected chi connectivity index (χ2v) is 8.76. The third-order valence-electron chi connectivity index (χ3n) is 6.40. The van der Waals surface area contributed by atoms with E-state index >= 15 is 0 Å². The number of ether oxygens (including phenoxy) is 1. The summed E-state index contributed by atoms with van der Waals surface area (Å²) in [7, 11) is 0. The molecule has 1 aromatic heterocycles. The molecule has 1 fully saturated rings. The molecule has 0 radical (unpaired) electrons. The Kier molecular flexibility index (Phi) is 8.08. The molecule has 3 aromatic rings. The number of nitrogens with one attached hydrogen (secondary N) is 1. The summed E-state index contributed by atoms with van der Waals surface area (Å²) in [6.45, 7) is 7.78. The monoisotopic (exact) mass is 464 g/mol. The molecule has 2 heterocycles. The van der Waals surface area contributed by atoms with Crippen LogP contribution in [0.2, 0.25) is 0 Å². The zero-order chi connectivity index (χ0) is 23.9. The zero-order valence-corrected chi connectivity index (χ0v) is 19.9. The molecule has 0 bridgehead atoms. The Labute approximate surface area is 200 Å². The smallest absolute Gasteiger partial charge is 0.272 e. The fourth-order valence-corrected chi connectivity index (χ4v) is 4.55. The number of morpholine rings is 1. The van der Waals surface area contributed by atoms with Gasteiger partial charge in [-0.2, -0.15) is 0 Å². The zero-order valence-electron chi connectivity index (χ0n) is 19.9. The van der Waals surface area contributed by atoms with Crippen molar-refractivity contribution in [3.05, 3.63) is 78.1 Å². The van der Waals surface area contributed by atoms with E-state index in [1.165, 1.54) is 12.1 Å². The quantitative estimate of drug-likeness (QED) is 0.506. The number of hydrogen-bond donors (Lipinski definition) is 1. The molecule has 0 aliphatic carbocycles. The Morgan fingerprint density at radius 2 is 2.03 bits per heavy atom. The number of halogens is 1. The van der Waals surface area contributed by atoms with Crippen LogP contribution < -0.4 is 5.32 Å². The SMILES string of the molecule is CCCN(CCC1COCCN1)C(=O)c1cncn1[C@@H](C)c1ccccc1-c1ccc(F)cc1. The van der Waals surface area contributed by atoms with Crippen LogP contribution in [0.4, 0.5) is 4.39 Å². The molecular formula is C27H33FN4O2. The highest BCUT2D eigenvalue weighted by atomic mass is 19.1. The first kappa shape index (κ1) is 24.1. The van der Waals surface area contributed by atoms with E-state index in [2.05, 4.69) is 30.2 Å². The molecule has 0 spiro atoms. The van der Waals surface area contributed by atoms with Gasteiger partial charge in [-0.3, -0.25) is 4.79 Å². The predicted molar refractivity (Wildman–Crippen MR) is 131 cm³/mol. The summed E-state index contributed by atoms with van der Waals surface area (Å²) < 4.78 is 21.0. The van der Waals surface area contributed by atoms with Crippen molar-refractivity contribution in [2.75, 3.05) is 32.8 Å². The van der Waals surface area contributed by atoms with Crippen LogP contribution in [0.15, 0.2) is 61.1 Å². The number of hydrogen-bond acceptors (Lipinski definition) is 4. The molecule has 1 unspecified atom stereocenters. The van der Waals surface area contributed by atoms with Crippen molar-refractivity contribution in [2.45, 2.75) is 38.8 Å². The number of amides is 1. The molecule has 1 aliphatic heterocycles. The molecular weight excluding hydrogens is 431 g/mol. The fraction of sp³-hybridized carbons (Fsp3) is 0.407. The van der Waals surface area contributed by atoms with Crippen LogP contribution in [0, 0.1) is 5.82 Å². The van der Waals surface area contributed by atoms with Gasteiger partial charge in [0.2, 0.25) is 0 Å². The highest BCUT2D eigenvalue weighted by molar-refractivity contribution is 5.92. The van der Waals surface area contributed by atoms with Gasteiger partial charge in [-0.1, -0.05) is 43.3 Å². The Balaban J connectivity index is 1.56.